The second-order valence-electron chi connectivity index (χ2n) is 14.1. The van der Waals surface area contributed by atoms with E-state index in [4.69, 9.17) is 9.40 Å². The molecular formula is C51H32FN3OS. The summed E-state index contributed by atoms with van der Waals surface area (Å²) in [6, 6.07) is 63.8. The summed E-state index contributed by atoms with van der Waals surface area (Å²) in [6.07, 6.45) is 1.92. The van der Waals surface area contributed by atoms with Crippen LogP contribution in [0.5, 0.6) is 0 Å². The summed E-state index contributed by atoms with van der Waals surface area (Å²) in [6.45, 7) is 0. The molecule has 1 aliphatic heterocycles. The molecule has 0 saturated heterocycles. The Morgan fingerprint density at radius 3 is 1.93 bits per heavy atom. The standard InChI is InChI=1S/C51H32FN3OS/c52-35-23-25-38(26-24-35)54(36-11-3-1-4-12-36)49-30-22-34(32-53-49)33-21-27-40-41-28-29-44(43-17-10-20-47(50(41)43)57-48(40)31-33)55(37-13-5-2-6-14-37)45-18-9-16-42-39-15-7-8-19-46(39)56-51(42)45/h1-32H. The lowest BCUT2D eigenvalue weighted by Crippen LogP contribution is -2.11. The van der Waals surface area contributed by atoms with Crippen LogP contribution in [0.15, 0.2) is 208 Å². The van der Waals surface area contributed by atoms with Crippen LogP contribution in [-0.2, 0) is 0 Å². The van der Waals surface area contributed by atoms with Crippen LogP contribution in [0.25, 0.3) is 55.0 Å². The van der Waals surface area contributed by atoms with Crippen LogP contribution in [0.1, 0.15) is 0 Å². The fraction of sp³-hybridized carbons (Fsp3) is 0. The summed E-state index contributed by atoms with van der Waals surface area (Å²) < 4.78 is 20.5. The molecule has 0 spiro atoms. The van der Waals surface area contributed by atoms with E-state index in [-0.39, 0.29) is 5.82 Å². The fourth-order valence-corrected chi connectivity index (χ4v) is 9.33. The monoisotopic (exact) mass is 753 g/mol. The minimum atomic E-state index is -0.273. The molecule has 0 unspecified atom stereocenters. The second kappa shape index (κ2) is 13.6. The molecule has 6 heteroatoms. The van der Waals surface area contributed by atoms with Crippen molar-refractivity contribution < 1.29 is 8.81 Å². The third-order valence-corrected chi connectivity index (χ3v) is 11.9. The smallest absolute Gasteiger partial charge is 0.159 e. The van der Waals surface area contributed by atoms with E-state index in [1.165, 1.54) is 43.8 Å². The van der Waals surface area contributed by atoms with Gasteiger partial charge in [0.25, 0.3) is 0 Å². The maximum absolute atomic E-state index is 13.9. The summed E-state index contributed by atoms with van der Waals surface area (Å²) in [7, 11) is 0. The Balaban J connectivity index is 0.990. The zero-order chi connectivity index (χ0) is 37.9. The molecule has 0 N–H and O–H groups in total. The van der Waals surface area contributed by atoms with Crippen LogP contribution in [0.2, 0.25) is 0 Å². The number of para-hydroxylation sites is 4. The first-order valence-corrected chi connectivity index (χ1v) is 19.7. The van der Waals surface area contributed by atoms with Crippen molar-refractivity contribution in [2.75, 3.05) is 9.80 Å². The molecule has 11 rings (SSSR count). The van der Waals surface area contributed by atoms with Gasteiger partial charge < -0.3 is 9.32 Å². The van der Waals surface area contributed by atoms with Crippen molar-refractivity contribution in [3.63, 3.8) is 0 Å². The number of pyridine rings is 1. The average Bonchev–Trinajstić information content (AvgIpc) is 3.66. The summed E-state index contributed by atoms with van der Waals surface area (Å²) >= 11 is 1.81. The van der Waals surface area contributed by atoms with Gasteiger partial charge in [0.05, 0.1) is 11.4 Å². The number of fused-ring (bicyclic) bond motifs is 5. The molecule has 2 aromatic heterocycles. The molecule has 4 nitrogen and oxygen atoms in total. The van der Waals surface area contributed by atoms with Crippen molar-refractivity contribution in [1.82, 2.24) is 4.98 Å². The van der Waals surface area contributed by atoms with Crippen LogP contribution in [-0.4, -0.2) is 4.98 Å². The number of hydrogen-bond donors (Lipinski definition) is 0. The van der Waals surface area contributed by atoms with Gasteiger partial charge in [0.2, 0.25) is 0 Å². The van der Waals surface area contributed by atoms with Crippen molar-refractivity contribution in [1.29, 1.82) is 0 Å². The maximum atomic E-state index is 13.9. The molecule has 0 saturated carbocycles. The van der Waals surface area contributed by atoms with Crippen molar-refractivity contribution in [3.8, 4) is 22.3 Å². The Morgan fingerprint density at radius 1 is 0.474 bits per heavy atom. The van der Waals surface area contributed by atoms with E-state index in [1.807, 2.05) is 71.4 Å². The average molecular weight is 754 g/mol. The Bertz CT molecular complexity index is 3110. The quantitative estimate of drug-likeness (QED) is 0.162. The van der Waals surface area contributed by atoms with E-state index < -0.39 is 0 Å². The third kappa shape index (κ3) is 5.64. The van der Waals surface area contributed by atoms with Crippen molar-refractivity contribution in [3.05, 3.63) is 200 Å². The number of benzene rings is 8. The second-order valence-corrected chi connectivity index (χ2v) is 15.2. The zero-order valence-corrected chi connectivity index (χ0v) is 31.3. The molecule has 8 aromatic carbocycles. The van der Waals surface area contributed by atoms with Crippen LogP contribution >= 0.6 is 11.8 Å². The molecule has 3 heterocycles. The number of hydrogen-bond acceptors (Lipinski definition) is 5. The van der Waals surface area contributed by atoms with E-state index in [1.54, 1.807) is 12.1 Å². The van der Waals surface area contributed by atoms with Gasteiger partial charge in [-0.15, -0.1) is 0 Å². The van der Waals surface area contributed by atoms with Gasteiger partial charge in [0.15, 0.2) is 5.58 Å². The number of aromatic nitrogens is 1. The minimum Gasteiger partial charge on any atom is -0.454 e. The lowest BCUT2D eigenvalue weighted by atomic mass is 9.94. The molecule has 0 fully saturated rings. The summed E-state index contributed by atoms with van der Waals surface area (Å²) in [5.74, 6) is 0.479. The highest BCUT2D eigenvalue weighted by Crippen LogP contribution is 2.52. The lowest BCUT2D eigenvalue weighted by Gasteiger charge is -2.29. The zero-order valence-electron chi connectivity index (χ0n) is 30.5. The molecule has 0 amide bonds. The Hall–Kier alpha value is -7.15. The highest BCUT2D eigenvalue weighted by molar-refractivity contribution is 7.99. The molecule has 57 heavy (non-hydrogen) atoms. The van der Waals surface area contributed by atoms with Gasteiger partial charge in [-0.05, 0) is 108 Å². The first kappa shape index (κ1) is 33.2. The highest BCUT2D eigenvalue weighted by Gasteiger charge is 2.26. The lowest BCUT2D eigenvalue weighted by molar-refractivity contribution is 0.628. The van der Waals surface area contributed by atoms with Crippen molar-refractivity contribution in [2.45, 2.75) is 9.79 Å². The molecule has 10 aromatic rings. The van der Waals surface area contributed by atoms with Crippen molar-refractivity contribution >= 4 is 78.7 Å². The van der Waals surface area contributed by atoms with Crippen LogP contribution in [0, 0.1) is 5.82 Å². The highest BCUT2D eigenvalue weighted by atomic mass is 32.2. The molecule has 0 bridgehead atoms. The third-order valence-electron chi connectivity index (χ3n) is 10.8. The molecular weight excluding hydrogens is 722 g/mol. The van der Waals surface area contributed by atoms with Crippen LogP contribution in [0.3, 0.4) is 0 Å². The molecule has 270 valence electrons. The van der Waals surface area contributed by atoms with Gasteiger partial charge in [-0.3, -0.25) is 4.90 Å². The number of rotatable bonds is 7. The summed E-state index contributed by atoms with van der Waals surface area (Å²) in [5, 5.41) is 4.62. The summed E-state index contributed by atoms with van der Waals surface area (Å²) in [4.78, 5) is 11.7. The predicted molar refractivity (Wildman–Crippen MR) is 233 cm³/mol. The largest absolute Gasteiger partial charge is 0.454 e. The Morgan fingerprint density at radius 2 is 1.14 bits per heavy atom. The summed E-state index contributed by atoms with van der Waals surface area (Å²) in [5.41, 5.74) is 11.2. The van der Waals surface area contributed by atoms with E-state index >= 15 is 0 Å². The van der Waals surface area contributed by atoms with Gasteiger partial charge in [0, 0.05) is 60.2 Å². The normalized spacial score (nSPS) is 11.9. The Labute approximate surface area is 333 Å². The van der Waals surface area contributed by atoms with Gasteiger partial charge in [-0.2, -0.15) is 0 Å². The van der Waals surface area contributed by atoms with Crippen LogP contribution in [0.4, 0.5) is 38.6 Å². The van der Waals surface area contributed by atoms with Gasteiger partial charge in [-0.1, -0.05) is 109 Å². The van der Waals surface area contributed by atoms with E-state index in [9.17, 15) is 4.39 Å². The number of anilines is 6. The van der Waals surface area contributed by atoms with Crippen LogP contribution < -0.4 is 9.80 Å². The minimum absolute atomic E-state index is 0.273. The van der Waals surface area contributed by atoms with Gasteiger partial charge >= 0.3 is 0 Å². The molecule has 0 aliphatic carbocycles. The van der Waals surface area contributed by atoms with Gasteiger partial charge in [0.1, 0.15) is 17.2 Å². The van der Waals surface area contributed by atoms with Gasteiger partial charge in [-0.25, -0.2) is 9.37 Å². The molecule has 0 atom stereocenters. The predicted octanol–water partition coefficient (Wildman–Crippen LogP) is 15.0. The number of nitrogens with zero attached hydrogens (tertiary/aromatic N) is 3. The maximum Gasteiger partial charge on any atom is 0.159 e. The van der Waals surface area contributed by atoms with Crippen molar-refractivity contribution in [2.24, 2.45) is 0 Å². The first-order chi connectivity index (χ1) is 28.2. The topological polar surface area (TPSA) is 32.5 Å². The SMILES string of the molecule is Fc1ccc(N(c2ccccc2)c2ccc(-c3ccc4c(c3)Sc3cccc5c(N(c6ccccc6)c6cccc7c6oc6ccccc67)ccc-4c35)cn2)cc1. The van der Waals surface area contributed by atoms with E-state index in [2.05, 4.69) is 120 Å². The first-order valence-electron chi connectivity index (χ1n) is 18.9. The number of halogens is 1. The Kier molecular flexibility index (Phi) is 7.90. The van der Waals surface area contributed by atoms with E-state index in [0.29, 0.717) is 0 Å². The van der Waals surface area contributed by atoms with E-state index in [0.717, 1.165) is 67.3 Å². The molecule has 0 radical (unpaired) electrons. The fourth-order valence-electron chi connectivity index (χ4n) is 8.15. The molecule has 1 aliphatic rings. The number of furan rings is 1.